The van der Waals surface area contributed by atoms with Crippen molar-refractivity contribution < 1.29 is 18.7 Å². The molecule has 0 atom stereocenters. The van der Waals surface area contributed by atoms with Gasteiger partial charge in [-0.05, 0) is 43.5 Å². The summed E-state index contributed by atoms with van der Waals surface area (Å²) in [6, 6.07) is 3.81. The first kappa shape index (κ1) is 23.4. The Kier molecular flexibility index (Phi) is 8.05. The monoisotopic (exact) mass is 459 g/mol. The third kappa shape index (κ3) is 6.84. The lowest BCUT2D eigenvalue weighted by Crippen LogP contribution is -2.46. The summed E-state index contributed by atoms with van der Waals surface area (Å²) in [7, 11) is 0. The molecule has 33 heavy (non-hydrogen) atoms. The number of ether oxygens (including phenoxy) is 1. The highest BCUT2D eigenvalue weighted by molar-refractivity contribution is 5.84. The van der Waals surface area contributed by atoms with Crippen LogP contribution in [0.2, 0.25) is 0 Å². The number of rotatable bonds is 10. The Morgan fingerprint density at radius 3 is 2.73 bits per heavy atom. The van der Waals surface area contributed by atoms with Crippen molar-refractivity contribution in [2.75, 3.05) is 45.9 Å². The molecule has 2 aromatic rings. The normalized spacial score (nSPS) is 17.4. The summed E-state index contributed by atoms with van der Waals surface area (Å²) >= 11 is 0. The highest BCUT2D eigenvalue weighted by Gasteiger charge is 2.23. The largest absolute Gasteiger partial charge is 0.458 e. The van der Waals surface area contributed by atoms with Crippen LogP contribution in [0.1, 0.15) is 37.9 Å². The van der Waals surface area contributed by atoms with Crippen LogP contribution in [0.4, 0.5) is 0 Å². The van der Waals surface area contributed by atoms with Crippen LogP contribution in [-0.4, -0.2) is 93.8 Å². The molecule has 1 aliphatic heterocycles. The maximum atomic E-state index is 13.1. The Balaban J connectivity index is 1.34. The lowest BCUT2D eigenvalue weighted by molar-refractivity contribution is -0.137. The number of hydrogen-bond donors (Lipinski definition) is 1. The average Bonchev–Trinajstić information content (AvgIpc) is 3.56. The maximum Gasteiger partial charge on any atom is 0.246 e. The third-order valence-corrected chi connectivity index (χ3v) is 6.10. The average molecular weight is 460 g/mol. The Morgan fingerprint density at radius 1 is 1.21 bits per heavy atom. The minimum Gasteiger partial charge on any atom is -0.458 e. The van der Waals surface area contributed by atoms with Crippen LogP contribution < -0.4 is 5.32 Å². The molecule has 11 nitrogen and oxygen atoms in total. The number of nitrogens with one attached hydrogen (secondary N) is 1. The van der Waals surface area contributed by atoms with Gasteiger partial charge in [0.25, 0.3) is 0 Å². The molecule has 1 aliphatic carbocycles. The van der Waals surface area contributed by atoms with Gasteiger partial charge in [0.1, 0.15) is 12.3 Å². The minimum atomic E-state index is -0.210. The van der Waals surface area contributed by atoms with E-state index in [0.717, 1.165) is 70.7 Å². The summed E-state index contributed by atoms with van der Waals surface area (Å²) in [4.78, 5) is 30.9. The molecule has 1 saturated carbocycles. The number of tetrazole rings is 1. The van der Waals surface area contributed by atoms with Gasteiger partial charge in [0, 0.05) is 32.2 Å². The van der Waals surface area contributed by atoms with Crippen molar-refractivity contribution >= 4 is 11.8 Å². The summed E-state index contributed by atoms with van der Waals surface area (Å²) in [5, 5.41) is 15.3. The van der Waals surface area contributed by atoms with E-state index in [4.69, 9.17) is 9.15 Å². The molecule has 2 aromatic heterocycles. The molecule has 11 heteroatoms. The molecule has 2 amide bonds. The van der Waals surface area contributed by atoms with Crippen LogP contribution in [0.3, 0.4) is 0 Å². The zero-order chi connectivity index (χ0) is 23.0. The van der Waals surface area contributed by atoms with Crippen molar-refractivity contribution in [1.29, 1.82) is 0 Å². The first-order valence-electron chi connectivity index (χ1n) is 11.8. The Hall–Kier alpha value is -2.79. The van der Waals surface area contributed by atoms with Crippen molar-refractivity contribution in [2.45, 2.75) is 51.6 Å². The van der Waals surface area contributed by atoms with Crippen molar-refractivity contribution in [2.24, 2.45) is 0 Å². The predicted molar refractivity (Wildman–Crippen MR) is 119 cm³/mol. The van der Waals surface area contributed by atoms with Crippen LogP contribution in [-0.2, 0) is 20.9 Å². The number of hydrogen-bond acceptors (Lipinski definition) is 8. The maximum absolute atomic E-state index is 13.1. The standard InChI is InChI=1S/C22H33N7O4/c1-17-7-8-19(33-17)22-24-26-29(25-22)16-21(31)28(10-4-9-27-11-13-32-14-12-27)15-20(30)23-18-5-2-3-6-18/h7-8,18H,2-6,9-16H2,1H3,(H,23,30). The fourth-order valence-corrected chi connectivity index (χ4v) is 4.30. The van der Waals surface area contributed by atoms with E-state index < -0.39 is 0 Å². The lowest BCUT2D eigenvalue weighted by atomic mass is 10.2. The van der Waals surface area contributed by atoms with Crippen molar-refractivity contribution in [3.8, 4) is 11.6 Å². The van der Waals surface area contributed by atoms with Crippen molar-refractivity contribution in [3.63, 3.8) is 0 Å². The highest BCUT2D eigenvalue weighted by Crippen LogP contribution is 2.18. The van der Waals surface area contributed by atoms with Crippen LogP contribution in [0, 0.1) is 6.92 Å². The summed E-state index contributed by atoms with van der Waals surface area (Å²) < 4.78 is 10.9. The number of carbonyl (C=O) groups is 2. The topological polar surface area (TPSA) is 119 Å². The van der Waals surface area contributed by atoms with E-state index in [-0.39, 0.29) is 30.9 Å². The van der Waals surface area contributed by atoms with E-state index in [0.29, 0.717) is 18.1 Å². The molecule has 1 saturated heterocycles. The molecule has 0 unspecified atom stereocenters. The number of aromatic nitrogens is 4. The second-order valence-corrected chi connectivity index (χ2v) is 8.73. The van der Waals surface area contributed by atoms with Crippen molar-refractivity contribution in [3.05, 3.63) is 17.9 Å². The van der Waals surface area contributed by atoms with Gasteiger partial charge in [-0.15, -0.1) is 10.2 Å². The zero-order valence-electron chi connectivity index (χ0n) is 19.2. The molecular formula is C22H33N7O4. The number of morpholine rings is 1. The Labute approximate surface area is 193 Å². The fraction of sp³-hybridized carbons (Fsp3) is 0.682. The predicted octanol–water partition coefficient (Wildman–Crippen LogP) is 0.851. The quantitative estimate of drug-likeness (QED) is 0.556. The van der Waals surface area contributed by atoms with Crippen LogP contribution >= 0.6 is 0 Å². The van der Waals surface area contributed by atoms with Gasteiger partial charge < -0.3 is 19.4 Å². The third-order valence-electron chi connectivity index (χ3n) is 6.10. The van der Waals surface area contributed by atoms with E-state index in [2.05, 4.69) is 25.6 Å². The lowest BCUT2D eigenvalue weighted by Gasteiger charge is -2.28. The fourth-order valence-electron chi connectivity index (χ4n) is 4.30. The first-order chi connectivity index (χ1) is 16.1. The first-order valence-corrected chi connectivity index (χ1v) is 11.8. The van der Waals surface area contributed by atoms with Crippen molar-refractivity contribution in [1.82, 2.24) is 35.3 Å². The number of amides is 2. The number of furan rings is 1. The van der Waals surface area contributed by atoms with Gasteiger partial charge in [-0.25, -0.2) is 0 Å². The van der Waals surface area contributed by atoms with Gasteiger partial charge in [0.15, 0.2) is 5.76 Å². The molecule has 3 heterocycles. The van der Waals surface area contributed by atoms with Gasteiger partial charge in [0.2, 0.25) is 17.6 Å². The van der Waals surface area contributed by atoms with Gasteiger partial charge in [0.05, 0.1) is 19.8 Å². The zero-order valence-corrected chi connectivity index (χ0v) is 19.2. The van der Waals surface area contributed by atoms with Crippen LogP contribution in [0.25, 0.3) is 11.6 Å². The van der Waals surface area contributed by atoms with E-state index >= 15 is 0 Å². The molecule has 0 radical (unpaired) electrons. The minimum absolute atomic E-state index is 0.0391. The van der Waals surface area contributed by atoms with Crippen LogP contribution in [0.15, 0.2) is 16.5 Å². The molecule has 2 fully saturated rings. The van der Waals surface area contributed by atoms with E-state index in [1.165, 1.54) is 4.80 Å². The number of nitrogens with zero attached hydrogens (tertiary/aromatic N) is 6. The number of carbonyl (C=O) groups excluding carboxylic acids is 2. The van der Waals surface area contributed by atoms with E-state index in [1.54, 1.807) is 11.0 Å². The summed E-state index contributed by atoms with van der Waals surface area (Å²) in [6.07, 6.45) is 5.08. The highest BCUT2D eigenvalue weighted by atomic mass is 16.5. The molecular weight excluding hydrogens is 426 g/mol. The van der Waals surface area contributed by atoms with E-state index in [9.17, 15) is 9.59 Å². The molecule has 1 N–H and O–H groups in total. The second kappa shape index (κ2) is 11.4. The molecule has 180 valence electrons. The molecule has 4 rings (SSSR count). The molecule has 0 bridgehead atoms. The molecule has 2 aliphatic rings. The van der Waals surface area contributed by atoms with Gasteiger partial charge in [-0.2, -0.15) is 4.80 Å². The molecule has 0 spiro atoms. The Morgan fingerprint density at radius 2 is 2.00 bits per heavy atom. The summed E-state index contributed by atoms with van der Waals surface area (Å²) in [6.45, 7) is 6.42. The summed E-state index contributed by atoms with van der Waals surface area (Å²) in [5.41, 5.74) is 0. The van der Waals surface area contributed by atoms with Crippen LogP contribution in [0.5, 0.6) is 0 Å². The van der Waals surface area contributed by atoms with Gasteiger partial charge in [-0.3, -0.25) is 14.5 Å². The smallest absolute Gasteiger partial charge is 0.246 e. The molecule has 0 aromatic carbocycles. The number of aryl methyl sites for hydroxylation is 1. The SMILES string of the molecule is Cc1ccc(-c2nnn(CC(=O)N(CCCN3CCOCC3)CC(=O)NC3CCCC3)n2)o1. The Bertz CT molecular complexity index is 915. The second-order valence-electron chi connectivity index (χ2n) is 8.73. The van der Waals surface area contributed by atoms with E-state index in [1.807, 2.05) is 13.0 Å². The van der Waals surface area contributed by atoms with Gasteiger partial charge in [-0.1, -0.05) is 12.8 Å². The summed E-state index contributed by atoms with van der Waals surface area (Å²) in [5.74, 6) is 1.26. The van der Waals surface area contributed by atoms with Gasteiger partial charge >= 0.3 is 0 Å².